The molecule has 1 N–H and O–H groups in total. The summed E-state index contributed by atoms with van der Waals surface area (Å²) < 4.78 is 0.632. The van der Waals surface area contributed by atoms with E-state index in [2.05, 4.69) is 27.8 Å². The van der Waals surface area contributed by atoms with Crippen molar-refractivity contribution >= 4 is 27.6 Å². The highest BCUT2D eigenvalue weighted by molar-refractivity contribution is 9.10. The Morgan fingerprint density at radius 1 is 1.44 bits per heavy atom. The van der Waals surface area contributed by atoms with Gasteiger partial charge in [-0.2, -0.15) is 0 Å². The minimum atomic E-state index is -0.892. The van der Waals surface area contributed by atoms with E-state index in [9.17, 15) is 9.90 Å². The molecule has 0 spiro atoms. The summed E-state index contributed by atoms with van der Waals surface area (Å²) in [5.41, 5.74) is 1.13. The fourth-order valence-electron chi connectivity index (χ4n) is 1.71. The van der Waals surface area contributed by atoms with E-state index in [0.717, 1.165) is 25.2 Å². The van der Waals surface area contributed by atoms with Gasteiger partial charge in [0.15, 0.2) is 0 Å². The number of anilines is 1. The molecule has 0 atom stereocenters. The average molecular weight is 286 g/mol. The predicted molar refractivity (Wildman–Crippen MR) is 69.3 cm³/mol. The molecule has 0 saturated carbocycles. The van der Waals surface area contributed by atoms with Crippen LogP contribution in [-0.2, 0) is 0 Å². The molecule has 0 amide bonds. The highest BCUT2D eigenvalue weighted by Gasteiger charge is 2.17. The van der Waals surface area contributed by atoms with Crippen molar-refractivity contribution in [2.45, 2.75) is 20.3 Å². The summed E-state index contributed by atoms with van der Waals surface area (Å²) >= 11 is 3.29. The van der Waals surface area contributed by atoms with Crippen molar-refractivity contribution < 1.29 is 9.90 Å². The van der Waals surface area contributed by atoms with Crippen molar-refractivity contribution in [3.63, 3.8) is 0 Å². The second-order valence-electron chi connectivity index (χ2n) is 3.52. The smallest absolute Gasteiger partial charge is 0.338 e. The number of benzene rings is 1. The molecular formula is C12H16BrNO2. The largest absolute Gasteiger partial charge is 0.478 e. The van der Waals surface area contributed by atoms with Gasteiger partial charge in [0, 0.05) is 17.6 Å². The summed E-state index contributed by atoms with van der Waals surface area (Å²) in [6.45, 7) is 5.79. The first-order chi connectivity index (χ1) is 7.61. The van der Waals surface area contributed by atoms with Gasteiger partial charge in [0.05, 0.1) is 11.3 Å². The maximum absolute atomic E-state index is 11.2. The molecule has 0 aliphatic heterocycles. The van der Waals surface area contributed by atoms with Crippen LogP contribution in [0.3, 0.4) is 0 Å². The van der Waals surface area contributed by atoms with Crippen LogP contribution >= 0.6 is 15.9 Å². The van der Waals surface area contributed by atoms with Crippen LogP contribution < -0.4 is 4.90 Å². The molecular weight excluding hydrogens is 270 g/mol. The van der Waals surface area contributed by atoms with Crippen LogP contribution in [0.1, 0.15) is 30.6 Å². The van der Waals surface area contributed by atoms with Gasteiger partial charge in [-0.3, -0.25) is 0 Å². The first kappa shape index (κ1) is 13.0. The standard InChI is InChI=1S/C12H16BrNO2/c1-3-8-14(4-2)10-7-5-6-9(13)11(10)12(15)16/h5-7H,3-4,8H2,1-2H3,(H,15,16). The normalized spacial score (nSPS) is 10.2. The molecule has 1 rings (SSSR count). The Morgan fingerprint density at radius 3 is 2.62 bits per heavy atom. The van der Waals surface area contributed by atoms with Gasteiger partial charge in [-0.25, -0.2) is 4.79 Å². The first-order valence-corrected chi connectivity index (χ1v) is 6.17. The molecule has 0 radical (unpaired) electrons. The molecule has 16 heavy (non-hydrogen) atoms. The van der Waals surface area contributed by atoms with Gasteiger partial charge < -0.3 is 10.0 Å². The summed E-state index contributed by atoms with van der Waals surface area (Å²) in [6, 6.07) is 5.48. The van der Waals surface area contributed by atoms with E-state index in [0.29, 0.717) is 10.0 Å². The third-order valence-electron chi connectivity index (χ3n) is 2.42. The summed E-state index contributed by atoms with van der Waals surface area (Å²) in [6.07, 6.45) is 0.999. The molecule has 0 bridgehead atoms. The van der Waals surface area contributed by atoms with Crippen LogP contribution in [0.5, 0.6) is 0 Å². The van der Waals surface area contributed by atoms with Gasteiger partial charge in [-0.1, -0.05) is 13.0 Å². The van der Waals surface area contributed by atoms with E-state index >= 15 is 0 Å². The number of carboxylic acids is 1. The Labute approximate surface area is 104 Å². The Hall–Kier alpha value is -1.03. The van der Waals surface area contributed by atoms with E-state index in [1.165, 1.54) is 0 Å². The lowest BCUT2D eigenvalue weighted by Gasteiger charge is -2.24. The highest BCUT2D eigenvalue weighted by atomic mass is 79.9. The molecule has 0 heterocycles. The van der Waals surface area contributed by atoms with Gasteiger partial charge in [-0.05, 0) is 41.4 Å². The molecule has 0 saturated heterocycles. The molecule has 3 nitrogen and oxygen atoms in total. The van der Waals surface area contributed by atoms with E-state index in [1.54, 1.807) is 6.07 Å². The van der Waals surface area contributed by atoms with Gasteiger partial charge in [-0.15, -0.1) is 0 Å². The lowest BCUT2D eigenvalue weighted by Crippen LogP contribution is -2.25. The zero-order chi connectivity index (χ0) is 12.1. The number of nitrogens with zero attached hydrogens (tertiary/aromatic N) is 1. The van der Waals surface area contributed by atoms with E-state index in [4.69, 9.17) is 0 Å². The molecule has 4 heteroatoms. The number of aromatic carboxylic acids is 1. The third kappa shape index (κ3) is 2.76. The minimum absolute atomic E-state index is 0.345. The third-order valence-corrected chi connectivity index (χ3v) is 3.08. The Bertz CT molecular complexity index is 379. The minimum Gasteiger partial charge on any atom is -0.478 e. The zero-order valence-electron chi connectivity index (χ0n) is 9.53. The van der Waals surface area contributed by atoms with Crippen molar-refractivity contribution in [1.82, 2.24) is 0 Å². The summed E-state index contributed by atoms with van der Waals surface area (Å²) in [5.74, 6) is -0.892. The fourth-order valence-corrected chi connectivity index (χ4v) is 2.23. The highest BCUT2D eigenvalue weighted by Crippen LogP contribution is 2.27. The number of rotatable bonds is 5. The SMILES string of the molecule is CCCN(CC)c1cccc(Br)c1C(=O)O. The molecule has 0 aromatic heterocycles. The quantitative estimate of drug-likeness (QED) is 0.902. The maximum Gasteiger partial charge on any atom is 0.338 e. The predicted octanol–water partition coefficient (Wildman–Crippen LogP) is 3.38. The van der Waals surface area contributed by atoms with Crippen molar-refractivity contribution in [1.29, 1.82) is 0 Å². The number of carboxylic acid groups (broad SMARTS) is 1. The number of hydrogen-bond acceptors (Lipinski definition) is 2. The van der Waals surface area contributed by atoms with Crippen LogP contribution in [0.2, 0.25) is 0 Å². The van der Waals surface area contributed by atoms with Crippen molar-refractivity contribution in [3.05, 3.63) is 28.2 Å². The molecule has 1 aromatic rings. The molecule has 0 aliphatic carbocycles. The van der Waals surface area contributed by atoms with E-state index < -0.39 is 5.97 Å². The van der Waals surface area contributed by atoms with Crippen molar-refractivity contribution in [2.75, 3.05) is 18.0 Å². The second-order valence-corrected chi connectivity index (χ2v) is 4.37. The van der Waals surface area contributed by atoms with Crippen molar-refractivity contribution in [2.24, 2.45) is 0 Å². The molecule has 88 valence electrons. The molecule has 0 fully saturated rings. The Kier molecular flexibility index (Phi) is 4.80. The van der Waals surface area contributed by atoms with Crippen LogP contribution in [-0.4, -0.2) is 24.2 Å². The lowest BCUT2D eigenvalue weighted by molar-refractivity contribution is 0.0696. The van der Waals surface area contributed by atoms with E-state index in [1.807, 2.05) is 19.1 Å². The summed E-state index contributed by atoms with van der Waals surface area (Å²) in [4.78, 5) is 13.3. The zero-order valence-corrected chi connectivity index (χ0v) is 11.1. The first-order valence-electron chi connectivity index (χ1n) is 5.38. The lowest BCUT2D eigenvalue weighted by atomic mass is 10.1. The topological polar surface area (TPSA) is 40.5 Å². The Morgan fingerprint density at radius 2 is 2.12 bits per heavy atom. The number of hydrogen-bond donors (Lipinski definition) is 1. The van der Waals surface area contributed by atoms with Gasteiger partial charge in [0.1, 0.15) is 0 Å². The average Bonchev–Trinajstić information content (AvgIpc) is 2.25. The fraction of sp³-hybridized carbons (Fsp3) is 0.417. The summed E-state index contributed by atoms with van der Waals surface area (Å²) in [7, 11) is 0. The van der Waals surface area contributed by atoms with Crippen molar-refractivity contribution in [3.8, 4) is 0 Å². The van der Waals surface area contributed by atoms with Gasteiger partial charge >= 0.3 is 5.97 Å². The number of carbonyl (C=O) groups is 1. The monoisotopic (exact) mass is 285 g/mol. The van der Waals surface area contributed by atoms with Gasteiger partial charge in [0.2, 0.25) is 0 Å². The summed E-state index contributed by atoms with van der Waals surface area (Å²) in [5, 5.41) is 9.20. The Balaban J connectivity index is 3.20. The number of halogens is 1. The molecule has 0 unspecified atom stereocenters. The maximum atomic E-state index is 11.2. The van der Waals surface area contributed by atoms with Crippen LogP contribution in [0, 0.1) is 0 Å². The van der Waals surface area contributed by atoms with Crippen LogP contribution in [0.25, 0.3) is 0 Å². The van der Waals surface area contributed by atoms with Crippen LogP contribution in [0.4, 0.5) is 5.69 Å². The second kappa shape index (κ2) is 5.89. The molecule has 0 aliphatic rings. The van der Waals surface area contributed by atoms with E-state index in [-0.39, 0.29) is 0 Å². The van der Waals surface area contributed by atoms with Gasteiger partial charge in [0.25, 0.3) is 0 Å². The van der Waals surface area contributed by atoms with Crippen LogP contribution in [0.15, 0.2) is 22.7 Å². The molecule has 1 aromatic carbocycles.